The molecule has 110 valence electrons. The summed E-state index contributed by atoms with van der Waals surface area (Å²) in [6, 6.07) is 17.5. The highest BCUT2D eigenvalue weighted by molar-refractivity contribution is 5.90. The molecular weight excluding hydrogens is 262 g/mol. The zero-order valence-corrected chi connectivity index (χ0v) is 12.2. The second-order valence-corrected chi connectivity index (χ2v) is 4.73. The van der Waals surface area contributed by atoms with Crippen molar-refractivity contribution in [3.8, 4) is 0 Å². The van der Waals surface area contributed by atoms with Crippen LogP contribution in [0.2, 0.25) is 0 Å². The minimum Gasteiger partial charge on any atom is -0.334 e. The molecule has 3 N–H and O–H groups in total. The summed E-state index contributed by atoms with van der Waals surface area (Å²) >= 11 is 0. The first-order valence-electron chi connectivity index (χ1n) is 7.17. The average Bonchev–Trinajstić information content (AvgIpc) is 2.53. The monoisotopic (exact) mass is 283 g/mol. The van der Waals surface area contributed by atoms with Crippen LogP contribution in [0.3, 0.4) is 0 Å². The lowest BCUT2D eigenvalue weighted by Gasteiger charge is -2.12. The van der Waals surface area contributed by atoms with Crippen molar-refractivity contribution in [1.29, 1.82) is 0 Å². The van der Waals surface area contributed by atoms with Crippen LogP contribution in [0.15, 0.2) is 54.6 Å². The highest BCUT2D eigenvalue weighted by Gasteiger charge is 2.05. The summed E-state index contributed by atoms with van der Waals surface area (Å²) in [6.07, 6.45) is 0. The number of hydrogen-bond acceptors (Lipinski definition) is 2. The Labute approximate surface area is 125 Å². The Hall–Kier alpha value is -2.33. The topological polar surface area (TPSA) is 53.2 Å². The van der Waals surface area contributed by atoms with E-state index >= 15 is 0 Å². The van der Waals surface area contributed by atoms with Crippen LogP contribution in [0.1, 0.15) is 18.1 Å². The van der Waals surface area contributed by atoms with E-state index in [2.05, 4.69) is 22.9 Å². The van der Waals surface area contributed by atoms with Gasteiger partial charge in [0.2, 0.25) is 0 Å². The van der Waals surface area contributed by atoms with E-state index in [1.165, 1.54) is 0 Å². The predicted octanol–water partition coefficient (Wildman–Crippen LogP) is 3.12. The molecule has 0 saturated heterocycles. The van der Waals surface area contributed by atoms with Gasteiger partial charge in [-0.1, -0.05) is 55.5 Å². The standard InChI is InChI=1S/C17H21N3O/c1-2-18-13-15-10-6-7-11-16(15)20-17(21)19-12-14-8-4-3-5-9-14/h3-11,18H,2,12-13H2,1H3,(H2,19,20,21). The molecule has 2 aromatic carbocycles. The molecule has 0 spiro atoms. The van der Waals surface area contributed by atoms with Crippen LogP contribution in [0, 0.1) is 0 Å². The van der Waals surface area contributed by atoms with Crippen LogP contribution in [0.4, 0.5) is 10.5 Å². The normalized spacial score (nSPS) is 10.1. The van der Waals surface area contributed by atoms with E-state index in [4.69, 9.17) is 0 Å². The molecule has 0 bridgehead atoms. The third kappa shape index (κ3) is 4.93. The predicted molar refractivity (Wildman–Crippen MR) is 86.1 cm³/mol. The summed E-state index contributed by atoms with van der Waals surface area (Å²) in [5, 5.41) is 9.02. The number of amides is 2. The van der Waals surface area contributed by atoms with Crippen molar-refractivity contribution in [2.45, 2.75) is 20.0 Å². The summed E-state index contributed by atoms with van der Waals surface area (Å²) in [7, 11) is 0. The highest BCUT2D eigenvalue weighted by Crippen LogP contribution is 2.14. The number of urea groups is 1. The quantitative estimate of drug-likeness (QED) is 0.763. The van der Waals surface area contributed by atoms with Crippen LogP contribution in [0.5, 0.6) is 0 Å². The van der Waals surface area contributed by atoms with E-state index < -0.39 is 0 Å². The van der Waals surface area contributed by atoms with E-state index in [1.54, 1.807) is 0 Å². The fraction of sp³-hybridized carbons (Fsp3) is 0.235. The molecule has 4 heteroatoms. The Bertz CT molecular complexity index is 569. The second-order valence-electron chi connectivity index (χ2n) is 4.73. The van der Waals surface area contributed by atoms with Crippen LogP contribution in [-0.2, 0) is 13.1 Å². The minimum atomic E-state index is -0.192. The third-order valence-electron chi connectivity index (χ3n) is 3.13. The lowest BCUT2D eigenvalue weighted by atomic mass is 10.2. The molecule has 21 heavy (non-hydrogen) atoms. The molecule has 0 aliphatic carbocycles. The summed E-state index contributed by atoms with van der Waals surface area (Å²) in [5.41, 5.74) is 2.99. The van der Waals surface area contributed by atoms with E-state index in [0.717, 1.165) is 29.9 Å². The van der Waals surface area contributed by atoms with E-state index in [-0.39, 0.29) is 6.03 Å². The van der Waals surface area contributed by atoms with Crippen molar-refractivity contribution in [3.05, 3.63) is 65.7 Å². The molecule has 0 heterocycles. The zero-order valence-electron chi connectivity index (χ0n) is 12.2. The molecule has 2 amide bonds. The van der Waals surface area contributed by atoms with Gasteiger partial charge in [0.05, 0.1) is 0 Å². The van der Waals surface area contributed by atoms with Gasteiger partial charge in [0.25, 0.3) is 0 Å². The van der Waals surface area contributed by atoms with Gasteiger partial charge in [-0.2, -0.15) is 0 Å². The first-order valence-corrected chi connectivity index (χ1v) is 7.17. The summed E-state index contributed by atoms with van der Waals surface area (Å²) in [6.45, 7) is 4.21. The first-order chi connectivity index (χ1) is 10.3. The average molecular weight is 283 g/mol. The molecule has 2 aromatic rings. The molecular formula is C17H21N3O. The van der Waals surface area contributed by atoms with Crippen LogP contribution >= 0.6 is 0 Å². The molecule has 0 atom stereocenters. The Morgan fingerprint density at radius 1 is 0.952 bits per heavy atom. The van der Waals surface area contributed by atoms with Crippen LogP contribution < -0.4 is 16.0 Å². The maximum atomic E-state index is 12.0. The lowest BCUT2D eigenvalue weighted by Crippen LogP contribution is -2.29. The molecule has 0 aromatic heterocycles. The van der Waals surface area contributed by atoms with Crippen molar-refractivity contribution in [3.63, 3.8) is 0 Å². The third-order valence-corrected chi connectivity index (χ3v) is 3.13. The summed E-state index contributed by atoms with van der Waals surface area (Å²) in [5.74, 6) is 0. The molecule has 0 aliphatic heterocycles. The summed E-state index contributed by atoms with van der Waals surface area (Å²) in [4.78, 5) is 12.0. The number of benzene rings is 2. The van der Waals surface area contributed by atoms with Gasteiger partial charge in [0.1, 0.15) is 0 Å². The number of nitrogens with one attached hydrogen (secondary N) is 3. The highest BCUT2D eigenvalue weighted by atomic mass is 16.2. The lowest BCUT2D eigenvalue weighted by molar-refractivity contribution is 0.251. The van der Waals surface area contributed by atoms with E-state index in [9.17, 15) is 4.79 Å². The number of anilines is 1. The van der Waals surface area contributed by atoms with Crippen molar-refractivity contribution in [1.82, 2.24) is 10.6 Å². The Kier molecular flexibility index (Phi) is 5.79. The van der Waals surface area contributed by atoms with Gasteiger partial charge in [-0.25, -0.2) is 4.79 Å². The van der Waals surface area contributed by atoms with E-state index in [1.807, 2.05) is 54.6 Å². The maximum Gasteiger partial charge on any atom is 0.319 e. The van der Waals surface area contributed by atoms with Gasteiger partial charge >= 0.3 is 6.03 Å². The summed E-state index contributed by atoms with van der Waals surface area (Å²) < 4.78 is 0. The van der Waals surface area contributed by atoms with Gasteiger partial charge < -0.3 is 16.0 Å². The zero-order chi connectivity index (χ0) is 14.9. The number of hydrogen-bond donors (Lipinski definition) is 3. The van der Waals surface area contributed by atoms with Crippen molar-refractivity contribution >= 4 is 11.7 Å². The first kappa shape index (κ1) is 15.1. The largest absolute Gasteiger partial charge is 0.334 e. The van der Waals surface area contributed by atoms with Gasteiger partial charge in [-0.05, 0) is 23.7 Å². The van der Waals surface area contributed by atoms with Crippen molar-refractivity contribution in [2.24, 2.45) is 0 Å². The fourth-order valence-electron chi connectivity index (χ4n) is 2.00. The number of rotatable bonds is 6. The van der Waals surface area contributed by atoms with Crippen LogP contribution in [0.25, 0.3) is 0 Å². The Morgan fingerprint density at radius 2 is 1.67 bits per heavy atom. The van der Waals surface area contributed by atoms with Crippen molar-refractivity contribution in [2.75, 3.05) is 11.9 Å². The minimum absolute atomic E-state index is 0.192. The number of carbonyl (C=O) groups excluding carboxylic acids is 1. The van der Waals surface area contributed by atoms with Gasteiger partial charge in [-0.3, -0.25) is 0 Å². The maximum absolute atomic E-state index is 12.0. The number of carbonyl (C=O) groups is 1. The smallest absolute Gasteiger partial charge is 0.319 e. The van der Waals surface area contributed by atoms with Gasteiger partial charge in [0.15, 0.2) is 0 Å². The molecule has 0 aliphatic rings. The SMILES string of the molecule is CCNCc1ccccc1NC(=O)NCc1ccccc1. The van der Waals surface area contributed by atoms with E-state index in [0.29, 0.717) is 6.54 Å². The molecule has 0 saturated carbocycles. The molecule has 0 unspecified atom stereocenters. The second kappa shape index (κ2) is 8.07. The molecule has 4 nitrogen and oxygen atoms in total. The molecule has 0 fully saturated rings. The number of para-hydroxylation sites is 1. The van der Waals surface area contributed by atoms with Gasteiger partial charge in [-0.15, -0.1) is 0 Å². The Balaban J connectivity index is 1.90. The molecule has 0 radical (unpaired) electrons. The van der Waals surface area contributed by atoms with Crippen molar-refractivity contribution < 1.29 is 4.79 Å². The molecule has 2 rings (SSSR count). The van der Waals surface area contributed by atoms with Gasteiger partial charge in [0, 0.05) is 18.8 Å². The fourth-order valence-corrected chi connectivity index (χ4v) is 2.00. The Morgan fingerprint density at radius 3 is 2.43 bits per heavy atom. The van der Waals surface area contributed by atoms with Crippen LogP contribution in [-0.4, -0.2) is 12.6 Å².